The van der Waals surface area contributed by atoms with E-state index in [0.29, 0.717) is 0 Å². The summed E-state index contributed by atoms with van der Waals surface area (Å²) in [6.45, 7) is 4.29. The third-order valence-electron chi connectivity index (χ3n) is 2.13. The van der Waals surface area contributed by atoms with Gasteiger partial charge in [0.25, 0.3) is 0 Å². The summed E-state index contributed by atoms with van der Waals surface area (Å²) in [6, 6.07) is 0. The zero-order chi connectivity index (χ0) is 12.8. The maximum atomic E-state index is 8.64. The monoisotopic (exact) mass is 268 g/mol. The molecule has 0 spiro atoms. The smallest absolute Gasteiger partial charge is 0.0964 e. The molecular weight excluding hydrogens is 240 g/mol. The first-order valence-corrected chi connectivity index (χ1v) is 7.30. The first kappa shape index (κ1) is 19.0. The number of hydrogen-bond donors (Lipinski definition) is 4. The summed E-state index contributed by atoms with van der Waals surface area (Å²) in [5.41, 5.74) is -0.803. The van der Waals surface area contributed by atoms with Gasteiger partial charge < -0.3 is 10.2 Å². The van der Waals surface area contributed by atoms with Crippen molar-refractivity contribution in [1.82, 2.24) is 0 Å². The molecule has 4 heteroatoms. The fraction of sp³-hybridized carbons (Fsp3) is 1.00. The Morgan fingerprint density at radius 2 is 1.06 bits per heavy atom. The molecule has 2 unspecified atom stereocenters. The largest absolute Gasteiger partial charge is 0.383 e. The van der Waals surface area contributed by atoms with Crippen LogP contribution in [0.4, 0.5) is 0 Å². The Hall–Kier alpha value is 0.620. The Balaban J connectivity index is 0. The SMILES string of the molecule is CCCCCC(O)S.CCCCCC(O)S. The summed E-state index contributed by atoms with van der Waals surface area (Å²) in [4.78, 5) is 0. The second-order valence-corrected chi connectivity index (χ2v) is 5.14. The predicted octanol–water partition coefficient (Wildman–Crippen LogP) is 3.63. The van der Waals surface area contributed by atoms with Crippen molar-refractivity contribution >= 4 is 25.3 Å². The Morgan fingerprint density at radius 1 is 0.750 bits per heavy atom. The minimum atomic E-state index is -0.401. The molecule has 0 aromatic rings. The molecule has 0 fully saturated rings. The van der Waals surface area contributed by atoms with Gasteiger partial charge in [-0.1, -0.05) is 52.4 Å². The number of aliphatic hydroxyl groups is 2. The molecule has 0 aliphatic heterocycles. The number of unbranched alkanes of at least 4 members (excludes halogenated alkanes) is 4. The van der Waals surface area contributed by atoms with Gasteiger partial charge in [0, 0.05) is 0 Å². The Labute approximate surface area is 112 Å². The highest BCUT2D eigenvalue weighted by atomic mass is 32.1. The molecule has 0 aromatic carbocycles. The normalized spacial score (nSPS) is 13.9. The van der Waals surface area contributed by atoms with Crippen LogP contribution >= 0.6 is 25.3 Å². The van der Waals surface area contributed by atoms with Gasteiger partial charge in [-0.15, -0.1) is 25.3 Å². The van der Waals surface area contributed by atoms with E-state index in [1.807, 2.05) is 0 Å². The molecule has 2 atom stereocenters. The molecule has 0 aliphatic rings. The van der Waals surface area contributed by atoms with Gasteiger partial charge in [0.15, 0.2) is 0 Å². The third-order valence-corrected chi connectivity index (χ3v) is 2.65. The predicted molar refractivity (Wildman–Crippen MR) is 78.3 cm³/mol. The van der Waals surface area contributed by atoms with Gasteiger partial charge in [-0.05, 0) is 12.8 Å². The topological polar surface area (TPSA) is 40.5 Å². The van der Waals surface area contributed by atoms with Crippen LogP contribution < -0.4 is 0 Å². The molecule has 2 nitrogen and oxygen atoms in total. The molecule has 0 amide bonds. The molecule has 2 N–H and O–H groups in total. The second kappa shape index (κ2) is 15.6. The maximum absolute atomic E-state index is 8.64. The lowest BCUT2D eigenvalue weighted by Gasteiger charge is -1.99. The van der Waals surface area contributed by atoms with Crippen molar-refractivity contribution in [3.05, 3.63) is 0 Å². The Morgan fingerprint density at radius 3 is 1.25 bits per heavy atom. The summed E-state index contributed by atoms with van der Waals surface area (Å²) in [6.07, 6.45) is 8.69. The summed E-state index contributed by atoms with van der Waals surface area (Å²) in [5.74, 6) is 0. The number of hydrogen-bond acceptors (Lipinski definition) is 4. The lowest BCUT2D eigenvalue weighted by atomic mass is 10.2. The van der Waals surface area contributed by atoms with E-state index >= 15 is 0 Å². The number of rotatable bonds is 8. The maximum Gasteiger partial charge on any atom is 0.0964 e. The van der Waals surface area contributed by atoms with E-state index in [0.717, 1.165) is 25.7 Å². The van der Waals surface area contributed by atoms with E-state index in [-0.39, 0.29) is 0 Å². The van der Waals surface area contributed by atoms with Crippen LogP contribution in [0.3, 0.4) is 0 Å². The average molecular weight is 268 g/mol. The molecule has 0 saturated carbocycles. The quantitative estimate of drug-likeness (QED) is 0.308. The summed E-state index contributed by atoms with van der Waals surface area (Å²) in [7, 11) is 0. The molecular formula is C12H28O2S2. The van der Waals surface area contributed by atoms with Gasteiger partial charge in [-0.2, -0.15) is 0 Å². The molecule has 0 rings (SSSR count). The first-order valence-electron chi connectivity index (χ1n) is 6.26. The van der Waals surface area contributed by atoms with Crippen LogP contribution in [0.1, 0.15) is 65.2 Å². The Bertz CT molecular complexity index is 106. The van der Waals surface area contributed by atoms with Gasteiger partial charge in [-0.25, -0.2) is 0 Å². The van der Waals surface area contributed by atoms with Crippen molar-refractivity contribution in [2.75, 3.05) is 0 Å². The van der Waals surface area contributed by atoms with Crippen LogP contribution in [0.2, 0.25) is 0 Å². The van der Waals surface area contributed by atoms with Crippen LogP contribution in [0.25, 0.3) is 0 Å². The van der Waals surface area contributed by atoms with Crippen molar-refractivity contribution in [2.24, 2.45) is 0 Å². The van der Waals surface area contributed by atoms with Crippen LogP contribution in [0, 0.1) is 0 Å². The first-order chi connectivity index (χ1) is 7.54. The fourth-order valence-electron chi connectivity index (χ4n) is 1.15. The van der Waals surface area contributed by atoms with E-state index in [1.165, 1.54) is 25.7 Å². The fourth-order valence-corrected chi connectivity index (χ4v) is 1.52. The van der Waals surface area contributed by atoms with Gasteiger partial charge in [0.2, 0.25) is 0 Å². The lowest BCUT2D eigenvalue weighted by molar-refractivity contribution is 0.250. The molecule has 0 saturated heterocycles. The molecule has 0 aliphatic carbocycles. The van der Waals surface area contributed by atoms with Crippen molar-refractivity contribution in [2.45, 2.75) is 76.1 Å². The molecule has 100 valence electrons. The zero-order valence-corrected chi connectivity index (χ0v) is 12.4. The minimum Gasteiger partial charge on any atom is -0.383 e. The summed E-state index contributed by atoms with van der Waals surface area (Å²) in [5, 5.41) is 17.3. The Kier molecular flexibility index (Phi) is 18.5. The number of thiol groups is 2. The highest BCUT2D eigenvalue weighted by Gasteiger charge is 1.93. The number of aliphatic hydroxyl groups excluding tert-OH is 2. The molecule has 0 aromatic heterocycles. The van der Waals surface area contributed by atoms with Gasteiger partial charge in [0.1, 0.15) is 0 Å². The second-order valence-electron chi connectivity index (χ2n) is 3.95. The molecule has 0 bridgehead atoms. The minimum absolute atomic E-state index is 0.401. The van der Waals surface area contributed by atoms with E-state index in [1.54, 1.807) is 0 Å². The molecule has 16 heavy (non-hydrogen) atoms. The highest BCUT2D eigenvalue weighted by Crippen LogP contribution is 2.05. The van der Waals surface area contributed by atoms with Crippen LogP contribution in [-0.4, -0.2) is 21.1 Å². The van der Waals surface area contributed by atoms with Crippen LogP contribution in [0.15, 0.2) is 0 Å². The highest BCUT2D eigenvalue weighted by molar-refractivity contribution is 7.80. The van der Waals surface area contributed by atoms with E-state index in [4.69, 9.17) is 10.2 Å². The average Bonchev–Trinajstić information content (AvgIpc) is 2.18. The van der Waals surface area contributed by atoms with E-state index in [9.17, 15) is 0 Å². The van der Waals surface area contributed by atoms with Crippen molar-refractivity contribution in [1.29, 1.82) is 0 Å². The standard InChI is InChI=1S/2C6H14OS/c2*1-2-3-4-5-6(7)8/h2*6-8H,2-5H2,1H3. The van der Waals surface area contributed by atoms with Crippen molar-refractivity contribution < 1.29 is 10.2 Å². The van der Waals surface area contributed by atoms with Gasteiger partial charge >= 0.3 is 0 Å². The van der Waals surface area contributed by atoms with Gasteiger partial charge in [0.05, 0.1) is 10.9 Å². The van der Waals surface area contributed by atoms with Gasteiger partial charge in [-0.3, -0.25) is 0 Å². The molecule has 0 radical (unpaired) electrons. The summed E-state index contributed by atoms with van der Waals surface area (Å²) < 4.78 is 0. The van der Waals surface area contributed by atoms with Crippen molar-refractivity contribution in [3.8, 4) is 0 Å². The van der Waals surface area contributed by atoms with Crippen molar-refractivity contribution in [3.63, 3.8) is 0 Å². The van der Waals surface area contributed by atoms with Crippen LogP contribution in [0.5, 0.6) is 0 Å². The lowest BCUT2D eigenvalue weighted by Crippen LogP contribution is -1.93. The zero-order valence-electron chi connectivity index (χ0n) is 10.6. The summed E-state index contributed by atoms with van der Waals surface area (Å²) >= 11 is 7.65. The van der Waals surface area contributed by atoms with E-state index in [2.05, 4.69) is 39.1 Å². The van der Waals surface area contributed by atoms with Crippen LogP contribution in [-0.2, 0) is 0 Å². The molecule has 0 heterocycles. The third kappa shape index (κ3) is 24.0. The van der Waals surface area contributed by atoms with E-state index < -0.39 is 10.9 Å².